The van der Waals surface area contributed by atoms with E-state index in [4.69, 9.17) is 5.73 Å². The Morgan fingerprint density at radius 2 is 2.35 bits per heavy atom. The molecule has 1 fully saturated rings. The lowest BCUT2D eigenvalue weighted by Crippen LogP contribution is -2.50. The highest BCUT2D eigenvalue weighted by molar-refractivity contribution is 5.01. The quantitative estimate of drug-likeness (QED) is 0.871. The van der Waals surface area contributed by atoms with Crippen molar-refractivity contribution in [3.8, 4) is 0 Å². The second-order valence-electron chi connectivity index (χ2n) is 5.46. The summed E-state index contributed by atoms with van der Waals surface area (Å²) in [6.45, 7) is 5.38. The van der Waals surface area contributed by atoms with Gasteiger partial charge in [-0.2, -0.15) is 5.10 Å². The van der Waals surface area contributed by atoms with Gasteiger partial charge in [0.15, 0.2) is 0 Å². The lowest BCUT2D eigenvalue weighted by Gasteiger charge is -2.39. The van der Waals surface area contributed by atoms with Crippen molar-refractivity contribution in [2.24, 2.45) is 11.7 Å². The molecule has 96 valence electrons. The summed E-state index contributed by atoms with van der Waals surface area (Å²) in [7, 11) is 0. The number of hydrogen-bond donors (Lipinski definition) is 1. The van der Waals surface area contributed by atoms with Crippen LogP contribution in [0.15, 0.2) is 6.33 Å². The molecule has 1 aromatic rings. The Balaban J connectivity index is 2.10. The molecule has 2 unspecified atom stereocenters. The van der Waals surface area contributed by atoms with Gasteiger partial charge in [0.1, 0.15) is 12.2 Å². The van der Waals surface area contributed by atoms with Gasteiger partial charge < -0.3 is 5.73 Å². The minimum absolute atomic E-state index is 0.0726. The van der Waals surface area contributed by atoms with Gasteiger partial charge in [0, 0.05) is 18.5 Å². The summed E-state index contributed by atoms with van der Waals surface area (Å²) in [6, 6.07) is 0. The number of nitrogens with two attached hydrogens (primary N) is 1. The molecule has 0 aromatic carbocycles. The van der Waals surface area contributed by atoms with Crippen LogP contribution in [0.5, 0.6) is 0 Å². The first kappa shape index (κ1) is 12.6. The van der Waals surface area contributed by atoms with Crippen molar-refractivity contribution < 1.29 is 0 Å². The van der Waals surface area contributed by atoms with Gasteiger partial charge in [-0.3, -0.25) is 4.68 Å². The Kier molecular flexibility index (Phi) is 3.82. The number of rotatable bonds is 4. The highest BCUT2D eigenvalue weighted by atomic mass is 15.3. The van der Waals surface area contributed by atoms with Gasteiger partial charge in [-0.15, -0.1) is 0 Å². The average molecular weight is 236 g/mol. The van der Waals surface area contributed by atoms with Gasteiger partial charge in [0.05, 0.1) is 0 Å². The van der Waals surface area contributed by atoms with E-state index in [9.17, 15) is 0 Å². The lowest BCUT2D eigenvalue weighted by molar-refractivity contribution is 0.198. The Bertz CT molecular complexity index is 360. The summed E-state index contributed by atoms with van der Waals surface area (Å²) in [6.07, 6.45) is 8.55. The molecular weight excluding hydrogens is 212 g/mol. The van der Waals surface area contributed by atoms with Crippen LogP contribution in [-0.2, 0) is 13.0 Å². The molecule has 0 saturated heterocycles. The summed E-state index contributed by atoms with van der Waals surface area (Å²) in [5.41, 5.74) is 6.51. The number of nitrogens with zero attached hydrogens (tertiary/aromatic N) is 3. The maximum absolute atomic E-state index is 6.58. The van der Waals surface area contributed by atoms with Crippen LogP contribution in [0.3, 0.4) is 0 Å². The van der Waals surface area contributed by atoms with Crippen LogP contribution in [0.25, 0.3) is 0 Å². The molecule has 1 saturated carbocycles. The lowest BCUT2D eigenvalue weighted by atomic mass is 9.72. The first-order valence-electron chi connectivity index (χ1n) is 6.81. The normalized spacial score (nSPS) is 29.5. The summed E-state index contributed by atoms with van der Waals surface area (Å²) in [4.78, 5) is 4.38. The zero-order valence-corrected chi connectivity index (χ0v) is 11.0. The van der Waals surface area contributed by atoms with Crippen molar-refractivity contribution in [1.29, 1.82) is 0 Å². The van der Waals surface area contributed by atoms with Crippen molar-refractivity contribution in [3.63, 3.8) is 0 Å². The zero-order chi connectivity index (χ0) is 12.3. The van der Waals surface area contributed by atoms with Crippen molar-refractivity contribution in [2.45, 2.75) is 64.5 Å². The molecule has 4 heteroatoms. The average Bonchev–Trinajstić information content (AvgIpc) is 2.71. The molecular formula is C13H24N4. The SMILES string of the molecule is CCCn1ncnc1CC1(N)CCCCC1C. The molecule has 2 rings (SSSR count). The molecule has 2 atom stereocenters. The predicted octanol–water partition coefficient (Wildman–Crippen LogP) is 2.14. The smallest absolute Gasteiger partial charge is 0.138 e. The third-order valence-corrected chi connectivity index (χ3v) is 4.13. The highest BCUT2D eigenvalue weighted by Crippen LogP contribution is 2.33. The van der Waals surface area contributed by atoms with Gasteiger partial charge in [0.2, 0.25) is 0 Å². The van der Waals surface area contributed by atoms with Crippen molar-refractivity contribution in [3.05, 3.63) is 12.2 Å². The van der Waals surface area contributed by atoms with Crippen LogP contribution in [0.4, 0.5) is 0 Å². The summed E-state index contributed by atoms with van der Waals surface area (Å²) < 4.78 is 2.01. The van der Waals surface area contributed by atoms with E-state index < -0.39 is 0 Å². The molecule has 1 aliphatic rings. The summed E-state index contributed by atoms with van der Waals surface area (Å²) in [5.74, 6) is 1.64. The maximum atomic E-state index is 6.58. The van der Waals surface area contributed by atoms with Crippen LogP contribution in [-0.4, -0.2) is 20.3 Å². The molecule has 2 N–H and O–H groups in total. The fraction of sp³-hybridized carbons (Fsp3) is 0.846. The van der Waals surface area contributed by atoms with E-state index >= 15 is 0 Å². The highest BCUT2D eigenvalue weighted by Gasteiger charge is 2.35. The van der Waals surface area contributed by atoms with Crippen LogP contribution < -0.4 is 5.73 Å². The van der Waals surface area contributed by atoms with Crippen LogP contribution in [0.1, 0.15) is 51.8 Å². The Hall–Kier alpha value is -0.900. The second-order valence-corrected chi connectivity index (χ2v) is 5.46. The largest absolute Gasteiger partial charge is 0.324 e. The zero-order valence-electron chi connectivity index (χ0n) is 11.0. The number of aromatic nitrogens is 3. The van der Waals surface area contributed by atoms with Crippen LogP contribution >= 0.6 is 0 Å². The Morgan fingerprint density at radius 3 is 3.06 bits per heavy atom. The Labute approximate surface area is 104 Å². The maximum Gasteiger partial charge on any atom is 0.138 e. The minimum atomic E-state index is -0.0726. The fourth-order valence-corrected chi connectivity index (χ4v) is 2.82. The Morgan fingerprint density at radius 1 is 1.53 bits per heavy atom. The molecule has 1 aromatic heterocycles. The van der Waals surface area contributed by atoms with E-state index in [1.807, 2.05) is 4.68 Å². The molecule has 0 bridgehead atoms. The molecule has 0 radical (unpaired) electrons. The second kappa shape index (κ2) is 5.17. The van der Waals surface area contributed by atoms with Gasteiger partial charge in [-0.05, 0) is 25.2 Å². The molecule has 0 spiro atoms. The van der Waals surface area contributed by atoms with E-state index in [0.717, 1.165) is 31.6 Å². The number of hydrogen-bond acceptors (Lipinski definition) is 3. The molecule has 1 heterocycles. The molecule has 4 nitrogen and oxygen atoms in total. The van der Waals surface area contributed by atoms with Crippen molar-refractivity contribution in [2.75, 3.05) is 0 Å². The molecule has 0 aliphatic heterocycles. The van der Waals surface area contributed by atoms with Crippen LogP contribution in [0.2, 0.25) is 0 Å². The van der Waals surface area contributed by atoms with E-state index in [0.29, 0.717) is 5.92 Å². The third kappa shape index (κ3) is 2.68. The monoisotopic (exact) mass is 236 g/mol. The van der Waals surface area contributed by atoms with E-state index in [-0.39, 0.29) is 5.54 Å². The predicted molar refractivity (Wildman–Crippen MR) is 68.6 cm³/mol. The summed E-state index contributed by atoms with van der Waals surface area (Å²) >= 11 is 0. The standard InChI is InChI=1S/C13H24N4/c1-3-8-17-12(15-10-16-17)9-13(14)7-5-4-6-11(13)2/h10-11H,3-9,14H2,1-2H3. The van der Waals surface area contributed by atoms with Crippen molar-refractivity contribution in [1.82, 2.24) is 14.8 Å². The van der Waals surface area contributed by atoms with Gasteiger partial charge in [-0.1, -0.05) is 26.7 Å². The van der Waals surface area contributed by atoms with E-state index in [1.54, 1.807) is 6.33 Å². The van der Waals surface area contributed by atoms with Crippen LogP contribution in [0, 0.1) is 5.92 Å². The van der Waals surface area contributed by atoms with E-state index in [1.165, 1.54) is 19.3 Å². The van der Waals surface area contributed by atoms with Gasteiger partial charge in [-0.25, -0.2) is 4.98 Å². The van der Waals surface area contributed by atoms with Gasteiger partial charge in [0.25, 0.3) is 0 Å². The van der Waals surface area contributed by atoms with E-state index in [2.05, 4.69) is 23.9 Å². The molecule has 1 aliphatic carbocycles. The molecule has 0 amide bonds. The summed E-state index contributed by atoms with van der Waals surface area (Å²) in [5, 5.41) is 4.28. The first-order chi connectivity index (χ1) is 8.15. The van der Waals surface area contributed by atoms with Crippen molar-refractivity contribution >= 4 is 0 Å². The third-order valence-electron chi connectivity index (χ3n) is 4.13. The minimum Gasteiger partial charge on any atom is -0.324 e. The first-order valence-corrected chi connectivity index (χ1v) is 6.81. The fourth-order valence-electron chi connectivity index (χ4n) is 2.82. The molecule has 17 heavy (non-hydrogen) atoms. The topological polar surface area (TPSA) is 56.7 Å². The van der Waals surface area contributed by atoms with Gasteiger partial charge >= 0.3 is 0 Å². The number of aryl methyl sites for hydroxylation is 1.